The second-order valence-electron chi connectivity index (χ2n) is 5.44. The first-order valence-electron chi connectivity index (χ1n) is 7.89. The van der Waals surface area contributed by atoms with Gasteiger partial charge >= 0.3 is 0 Å². The number of benzene rings is 1. The van der Waals surface area contributed by atoms with Crippen molar-refractivity contribution in [1.82, 2.24) is 20.4 Å². The van der Waals surface area contributed by atoms with Crippen molar-refractivity contribution < 1.29 is 4.79 Å². The monoisotopic (exact) mass is 376 g/mol. The molecule has 1 aromatic carbocycles. The first-order valence-corrected chi connectivity index (χ1v) is 8.77. The van der Waals surface area contributed by atoms with E-state index in [1.165, 1.54) is 16.9 Å². The molecule has 0 bridgehead atoms. The highest BCUT2D eigenvalue weighted by atomic mass is 35.5. The minimum Gasteiger partial charge on any atom is -0.350 e. The molecule has 2 N–H and O–H groups in total. The molecule has 5 nitrogen and oxygen atoms in total. The van der Waals surface area contributed by atoms with E-state index in [0.29, 0.717) is 6.54 Å². The molecule has 0 saturated carbocycles. The van der Waals surface area contributed by atoms with Gasteiger partial charge in [0.2, 0.25) is 0 Å². The lowest BCUT2D eigenvalue weighted by Crippen LogP contribution is -2.31. The minimum absolute atomic E-state index is 0. The second kappa shape index (κ2) is 9.98. The van der Waals surface area contributed by atoms with Gasteiger partial charge in [-0.05, 0) is 17.0 Å². The summed E-state index contributed by atoms with van der Waals surface area (Å²) in [6, 6.07) is 14.0. The van der Waals surface area contributed by atoms with Gasteiger partial charge in [0.05, 0.1) is 17.6 Å². The van der Waals surface area contributed by atoms with Crippen molar-refractivity contribution >= 4 is 29.7 Å². The van der Waals surface area contributed by atoms with E-state index in [1.54, 1.807) is 0 Å². The number of nitrogens with one attached hydrogen (secondary N) is 2. The van der Waals surface area contributed by atoms with Gasteiger partial charge in [-0.25, -0.2) is 0 Å². The molecule has 0 radical (unpaired) electrons. The maximum atomic E-state index is 11.8. The third kappa shape index (κ3) is 6.01. The van der Waals surface area contributed by atoms with E-state index in [9.17, 15) is 4.79 Å². The second-order valence-corrected chi connectivity index (χ2v) is 6.39. The van der Waals surface area contributed by atoms with Gasteiger partial charge in [-0.2, -0.15) is 5.10 Å². The Hall–Kier alpha value is -2.15. The highest BCUT2D eigenvalue weighted by Gasteiger charge is 2.04. The quantitative estimate of drug-likeness (QED) is 0.594. The molecular weight excluding hydrogens is 356 g/mol. The number of carbonyl (C=O) groups excluding carboxylic acids is 1. The molecule has 0 aliphatic rings. The van der Waals surface area contributed by atoms with Crippen LogP contribution in [0.5, 0.6) is 0 Å². The molecule has 132 valence electrons. The molecule has 1 amide bonds. The molecule has 0 saturated heterocycles. The minimum atomic E-state index is -0.0116. The van der Waals surface area contributed by atoms with Crippen LogP contribution < -0.4 is 10.6 Å². The van der Waals surface area contributed by atoms with E-state index < -0.39 is 0 Å². The van der Waals surface area contributed by atoms with Gasteiger partial charge in [-0.3, -0.25) is 9.48 Å². The van der Waals surface area contributed by atoms with Crippen molar-refractivity contribution in [3.8, 4) is 0 Å². The summed E-state index contributed by atoms with van der Waals surface area (Å²) in [5.74, 6) is -0.0116. The van der Waals surface area contributed by atoms with Gasteiger partial charge in [0.1, 0.15) is 0 Å². The van der Waals surface area contributed by atoms with Gasteiger partial charge in [-0.15, -0.1) is 23.7 Å². The number of amides is 1. The molecule has 0 atom stereocenters. The number of halogens is 1. The van der Waals surface area contributed by atoms with Crippen molar-refractivity contribution in [3.05, 3.63) is 76.2 Å². The van der Waals surface area contributed by atoms with Crippen LogP contribution in [-0.4, -0.2) is 28.8 Å². The third-order valence-corrected chi connectivity index (χ3v) is 4.40. The number of hydrogen-bond acceptors (Lipinski definition) is 4. The van der Waals surface area contributed by atoms with Crippen molar-refractivity contribution in [2.24, 2.45) is 0 Å². The fourth-order valence-corrected chi connectivity index (χ4v) is 2.99. The Morgan fingerprint density at radius 2 is 1.92 bits per heavy atom. The molecule has 3 rings (SSSR count). The summed E-state index contributed by atoms with van der Waals surface area (Å²) in [5.41, 5.74) is 2.37. The van der Waals surface area contributed by atoms with Crippen LogP contribution in [0, 0.1) is 0 Å². The molecule has 0 unspecified atom stereocenters. The van der Waals surface area contributed by atoms with Crippen LogP contribution in [-0.2, 0) is 13.1 Å². The van der Waals surface area contributed by atoms with Gasteiger partial charge in [0, 0.05) is 31.4 Å². The lowest BCUT2D eigenvalue weighted by Gasteiger charge is -2.05. The predicted molar refractivity (Wildman–Crippen MR) is 103 cm³/mol. The summed E-state index contributed by atoms with van der Waals surface area (Å²) in [6.45, 7) is 2.84. The third-order valence-electron chi connectivity index (χ3n) is 3.54. The molecule has 0 aliphatic carbocycles. The predicted octanol–water partition coefficient (Wildman–Crippen LogP) is 2.93. The number of thiophene rings is 1. The Balaban J connectivity index is 0.00000225. The number of nitrogens with zero attached hydrogens (tertiary/aromatic N) is 2. The lowest BCUT2D eigenvalue weighted by molar-refractivity contribution is 0.0958. The van der Waals surface area contributed by atoms with Crippen LogP contribution in [0.3, 0.4) is 0 Å². The van der Waals surface area contributed by atoms with Crippen molar-refractivity contribution in [1.29, 1.82) is 0 Å². The van der Waals surface area contributed by atoms with Crippen LogP contribution in [0.1, 0.15) is 20.8 Å². The molecule has 25 heavy (non-hydrogen) atoms. The SMILES string of the molecule is Cl.O=C(NCCNCc1cnn(Cc2ccccc2)c1)c1cccs1. The molecule has 0 spiro atoms. The number of rotatable bonds is 8. The van der Waals surface area contributed by atoms with Crippen LogP contribution in [0.15, 0.2) is 60.2 Å². The average Bonchev–Trinajstić information content (AvgIpc) is 3.27. The fourth-order valence-electron chi connectivity index (χ4n) is 2.35. The number of carbonyl (C=O) groups is 1. The Morgan fingerprint density at radius 3 is 2.68 bits per heavy atom. The van der Waals surface area contributed by atoms with E-state index in [2.05, 4.69) is 27.9 Å². The van der Waals surface area contributed by atoms with Gasteiger partial charge in [0.15, 0.2) is 0 Å². The molecule has 0 aliphatic heterocycles. The van der Waals surface area contributed by atoms with E-state index in [4.69, 9.17) is 0 Å². The van der Waals surface area contributed by atoms with E-state index in [0.717, 1.165) is 30.1 Å². The van der Waals surface area contributed by atoms with Crippen molar-refractivity contribution in [2.75, 3.05) is 13.1 Å². The average molecular weight is 377 g/mol. The first kappa shape index (κ1) is 19.2. The first-order chi connectivity index (χ1) is 11.8. The molecule has 2 heterocycles. The van der Waals surface area contributed by atoms with Gasteiger partial charge < -0.3 is 10.6 Å². The Labute approximate surface area is 157 Å². The highest BCUT2D eigenvalue weighted by molar-refractivity contribution is 7.12. The molecule has 7 heteroatoms. The zero-order valence-corrected chi connectivity index (χ0v) is 15.4. The Kier molecular flexibility index (Phi) is 7.66. The van der Waals surface area contributed by atoms with Crippen molar-refractivity contribution in [3.63, 3.8) is 0 Å². The maximum absolute atomic E-state index is 11.8. The zero-order chi connectivity index (χ0) is 16.6. The smallest absolute Gasteiger partial charge is 0.261 e. The summed E-state index contributed by atoms with van der Waals surface area (Å²) in [4.78, 5) is 12.5. The van der Waals surface area contributed by atoms with Gasteiger partial charge in [-0.1, -0.05) is 36.4 Å². The van der Waals surface area contributed by atoms with Crippen LogP contribution in [0.25, 0.3) is 0 Å². The summed E-state index contributed by atoms with van der Waals surface area (Å²) >= 11 is 1.45. The maximum Gasteiger partial charge on any atom is 0.261 e. The summed E-state index contributed by atoms with van der Waals surface area (Å²) in [5, 5.41) is 12.5. The summed E-state index contributed by atoms with van der Waals surface area (Å²) in [7, 11) is 0. The van der Waals surface area contributed by atoms with Crippen molar-refractivity contribution in [2.45, 2.75) is 13.1 Å². The standard InChI is InChI=1S/C18H20N4OS.ClH/c23-18(17-7-4-10-24-17)20-9-8-19-11-16-12-21-22(14-16)13-15-5-2-1-3-6-15;/h1-7,10,12,14,19H,8-9,11,13H2,(H,20,23);1H. The largest absolute Gasteiger partial charge is 0.350 e. The lowest BCUT2D eigenvalue weighted by atomic mass is 10.2. The Bertz CT molecular complexity index is 759. The van der Waals surface area contributed by atoms with E-state index >= 15 is 0 Å². The molecule has 3 aromatic rings. The fraction of sp³-hybridized carbons (Fsp3) is 0.222. The summed E-state index contributed by atoms with van der Waals surface area (Å²) in [6.07, 6.45) is 3.92. The normalized spacial score (nSPS) is 10.2. The van der Waals surface area contributed by atoms with Crippen LogP contribution in [0.2, 0.25) is 0 Å². The molecular formula is C18H21ClN4OS. The Morgan fingerprint density at radius 1 is 1.08 bits per heavy atom. The number of hydrogen-bond donors (Lipinski definition) is 2. The van der Waals surface area contributed by atoms with Crippen LogP contribution >= 0.6 is 23.7 Å². The summed E-state index contributed by atoms with van der Waals surface area (Å²) < 4.78 is 1.94. The topological polar surface area (TPSA) is 59.0 Å². The van der Waals surface area contributed by atoms with E-state index in [1.807, 2.05) is 52.8 Å². The van der Waals surface area contributed by atoms with Crippen LogP contribution in [0.4, 0.5) is 0 Å². The highest BCUT2D eigenvalue weighted by Crippen LogP contribution is 2.07. The van der Waals surface area contributed by atoms with E-state index in [-0.39, 0.29) is 18.3 Å². The zero-order valence-electron chi connectivity index (χ0n) is 13.7. The van der Waals surface area contributed by atoms with Gasteiger partial charge in [0.25, 0.3) is 5.91 Å². The molecule has 2 aromatic heterocycles. The number of aromatic nitrogens is 2. The molecule has 0 fully saturated rings.